The van der Waals surface area contributed by atoms with Crippen LogP contribution in [0.5, 0.6) is 0 Å². The number of hydrogen-bond donors (Lipinski definition) is 1. The van der Waals surface area contributed by atoms with Crippen molar-refractivity contribution in [2.24, 2.45) is 0 Å². The smallest absolute Gasteiger partial charge is 0.126 e. The van der Waals surface area contributed by atoms with Gasteiger partial charge in [0.05, 0.1) is 0 Å². The Morgan fingerprint density at radius 3 is 2.53 bits per heavy atom. The Kier molecular flexibility index (Phi) is 7.14. The van der Waals surface area contributed by atoms with Gasteiger partial charge in [-0.15, -0.1) is 12.3 Å². The summed E-state index contributed by atoms with van der Waals surface area (Å²) in [4.78, 5) is 0. The monoisotopic (exact) mass is 265 g/mol. The largest absolute Gasteiger partial charge is 0.314 e. The van der Waals surface area contributed by atoms with Gasteiger partial charge in [-0.2, -0.15) is 0 Å². The second-order valence-electron chi connectivity index (χ2n) is 4.73. The molecule has 1 atom stereocenters. The van der Waals surface area contributed by atoms with Gasteiger partial charge in [0.25, 0.3) is 0 Å². The Labute approximate surface area is 114 Å². The van der Waals surface area contributed by atoms with Gasteiger partial charge in [0.1, 0.15) is 11.6 Å². The Balaban J connectivity index is 2.61. The van der Waals surface area contributed by atoms with Crippen molar-refractivity contribution in [2.75, 3.05) is 6.54 Å². The fraction of sp³-hybridized carbons (Fsp3) is 0.500. The predicted octanol–water partition coefficient (Wildman–Crippen LogP) is 3.68. The van der Waals surface area contributed by atoms with Crippen molar-refractivity contribution >= 4 is 0 Å². The van der Waals surface area contributed by atoms with E-state index in [-0.39, 0.29) is 6.04 Å². The van der Waals surface area contributed by atoms with Crippen LogP contribution in [-0.4, -0.2) is 12.6 Å². The van der Waals surface area contributed by atoms with E-state index < -0.39 is 11.6 Å². The lowest BCUT2D eigenvalue weighted by Crippen LogP contribution is -2.31. The molecular weight excluding hydrogens is 244 g/mol. The van der Waals surface area contributed by atoms with E-state index in [9.17, 15) is 8.78 Å². The summed E-state index contributed by atoms with van der Waals surface area (Å²) in [6, 6.07) is 3.90. The highest BCUT2D eigenvalue weighted by molar-refractivity contribution is 5.19. The molecule has 1 unspecified atom stereocenters. The molecule has 19 heavy (non-hydrogen) atoms. The van der Waals surface area contributed by atoms with E-state index in [1.54, 1.807) is 0 Å². The highest BCUT2D eigenvalue weighted by Gasteiger charge is 2.10. The summed E-state index contributed by atoms with van der Waals surface area (Å²) in [5.74, 6) is 1.57. The normalized spacial score (nSPS) is 12.1. The Hall–Kier alpha value is -1.40. The SMILES string of the molecule is C#CCCCC(Cc1cc(F)cc(F)c1)NCCC. The van der Waals surface area contributed by atoms with Gasteiger partial charge in [-0.25, -0.2) is 8.78 Å². The van der Waals surface area contributed by atoms with E-state index in [2.05, 4.69) is 18.2 Å². The molecule has 0 radical (unpaired) electrons. The van der Waals surface area contributed by atoms with Crippen molar-refractivity contribution in [1.82, 2.24) is 5.32 Å². The summed E-state index contributed by atoms with van der Waals surface area (Å²) in [7, 11) is 0. The van der Waals surface area contributed by atoms with Crippen LogP contribution in [0.15, 0.2) is 18.2 Å². The van der Waals surface area contributed by atoms with E-state index in [0.717, 1.165) is 38.3 Å². The molecule has 0 spiro atoms. The van der Waals surface area contributed by atoms with Gasteiger partial charge in [0, 0.05) is 18.5 Å². The standard InChI is InChI=1S/C16H21F2N/c1-3-5-6-7-16(19-8-4-2)11-13-9-14(17)12-15(18)10-13/h1,9-10,12,16,19H,4-8,11H2,2H3. The van der Waals surface area contributed by atoms with Gasteiger partial charge in [0.2, 0.25) is 0 Å². The third-order valence-corrected chi connectivity index (χ3v) is 2.96. The average molecular weight is 265 g/mol. The van der Waals surface area contributed by atoms with Crippen molar-refractivity contribution in [3.8, 4) is 12.3 Å². The maximum atomic E-state index is 13.2. The maximum Gasteiger partial charge on any atom is 0.126 e. The second-order valence-corrected chi connectivity index (χ2v) is 4.73. The highest BCUT2D eigenvalue weighted by Crippen LogP contribution is 2.13. The van der Waals surface area contributed by atoms with Gasteiger partial charge in [-0.3, -0.25) is 0 Å². The van der Waals surface area contributed by atoms with Crippen molar-refractivity contribution in [3.63, 3.8) is 0 Å². The minimum Gasteiger partial charge on any atom is -0.314 e. The van der Waals surface area contributed by atoms with Gasteiger partial charge in [-0.05, 0) is 49.9 Å². The van der Waals surface area contributed by atoms with Crippen LogP contribution in [0.2, 0.25) is 0 Å². The summed E-state index contributed by atoms with van der Waals surface area (Å²) in [5.41, 5.74) is 0.687. The van der Waals surface area contributed by atoms with Crippen LogP contribution >= 0.6 is 0 Å². The zero-order chi connectivity index (χ0) is 14.1. The van der Waals surface area contributed by atoms with Crippen LogP contribution in [-0.2, 0) is 6.42 Å². The molecule has 0 aliphatic rings. The van der Waals surface area contributed by atoms with Crippen LogP contribution in [0.4, 0.5) is 8.78 Å². The van der Waals surface area contributed by atoms with Gasteiger partial charge >= 0.3 is 0 Å². The van der Waals surface area contributed by atoms with Crippen LogP contribution < -0.4 is 5.32 Å². The number of nitrogens with one attached hydrogen (secondary N) is 1. The van der Waals surface area contributed by atoms with Crippen LogP contribution in [0, 0.1) is 24.0 Å². The van der Waals surface area contributed by atoms with Crippen LogP contribution in [0.1, 0.15) is 38.2 Å². The quantitative estimate of drug-likeness (QED) is 0.558. The fourth-order valence-corrected chi connectivity index (χ4v) is 2.09. The molecule has 0 bridgehead atoms. The van der Waals surface area contributed by atoms with E-state index >= 15 is 0 Å². The minimum absolute atomic E-state index is 0.217. The molecule has 1 aromatic rings. The summed E-state index contributed by atoms with van der Waals surface area (Å²) in [5, 5.41) is 3.40. The van der Waals surface area contributed by atoms with Crippen molar-refractivity contribution in [2.45, 2.75) is 45.1 Å². The Morgan fingerprint density at radius 2 is 1.95 bits per heavy atom. The van der Waals surface area contributed by atoms with E-state index in [1.807, 2.05) is 0 Å². The first-order valence-electron chi connectivity index (χ1n) is 6.77. The Morgan fingerprint density at radius 1 is 1.26 bits per heavy atom. The molecule has 0 heterocycles. The molecule has 1 N–H and O–H groups in total. The van der Waals surface area contributed by atoms with Crippen LogP contribution in [0.25, 0.3) is 0 Å². The molecule has 3 heteroatoms. The third-order valence-electron chi connectivity index (χ3n) is 2.96. The zero-order valence-corrected chi connectivity index (χ0v) is 11.4. The number of terminal acetylenes is 1. The molecule has 104 valence electrons. The first-order chi connectivity index (χ1) is 9.15. The van der Waals surface area contributed by atoms with E-state index in [0.29, 0.717) is 12.0 Å². The first kappa shape index (κ1) is 15.7. The van der Waals surface area contributed by atoms with Gasteiger partial charge < -0.3 is 5.32 Å². The molecular formula is C16H21F2N. The van der Waals surface area contributed by atoms with Gasteiger partial charge in [0.15, 0.2) is 0 Å². The van der Waals surface area contributed by atoms with Crippen LogP contribution in [0.3, 0.4) is 0 Å². The van der Waals surface area contributed by atoms with E-state index in [4.69, 9.17) is 6.42 Å². The number of unbranched alkanes of at least 4 members (excludes halogenated alkanes) is 1. The second kappa shape index (κ2) is 8.66. The van der Waals surface area contributed by atoms with E-state index in [1.165, 1.54) is 12.1 Å². The Bertz CT molecular complexity index is 403. The van der Waals surface area contributed by atoms with Crippen molar-refractivity contribution in [3.05, 3.63) is 35.4 Å². The minimum atomic E-state index is -0.520. The molecule has 0 saturated carbocycles. The number of hydrogen-bond acceptors (Lipinski definition) is 1. The number of benzene rings is 1. The van der Waals surface area contributed by atoms with Crippen molar-refractivity contribution < 1.29 is 8.78 Å². The molecule has 0 fully saturated rings. The molecule has 0 saturated heterocycles. The molecule has 1 aromatic carbocycles. The van der Waals surface area contributed by atoms with Gasteiger partial charge in [-0.1, -0.05) is 6.92 Å². The molecule has 1 nitrogen and oxygen atoms in total. The third kappa shape index (κ3) is 6.35. The molecule has 0 amide bonds. The molecule has 0 aliphatic carbocycles. The molecule has 1 rings (SSSR count). The summed E-state index contributed by atoms with van der Waals surface area (Å²) >= 11 is 0. The lowest BCUT2D eigenvalue weighted by Gasteiger charge is -2.18. The summed E-state index contributed by atoms with van der Waals surface area (Å²) < 4.78 is 26.3. The predicted molar refractivity (Wildman–Crippen MR) is 74.8 cm³/mol. The summed E-state index contributed by atoms with van der Waals surface area (Å²) in [6.45, 7) is 2.99. The lowest BCUT2D eigenvalue weighted by molar-refractivity contribution is 0.465. The lowest BCUT2D eigenvalue weighted by atomic mass is 10.0. The highest BCUT2D eigenvalue weighted by atomic mass is 19.1. The zero-order valence-electron chi connectivity index (χ0n) is 11.4. The maximum absolute atomic E-state index is 13.2. The topological polar surface area (TPSA) is 12.0 Å². The fourth-order valence-electron chi connectivity index (χ4n) is 2.09. The number of rotatable bonds is 8. The average Bonchev–Trinajstić information content (AvgIpc) is 2.34. The molecule has 0 aromatic heterocycles. The number of halogens is 2. The summed E-state index contributed by atoms with van der Waals surface area (Å²) in [6.07, 6.45) is 9.48. The van der Waals surface area contributed by atoms with Crippen molar-refractivity contribution in [1.29, 1.82) is 0 Å². The molecule has 0 aliphatic heterocycles. The first-order valence-corrected chi connectivity index (χ1v) is 6.77.